The van der Waals surface area contributed by atoms with Crippen LogP contribution in [0.4, 0.5) is 5.69 Å². The fraction of sp³-hybridized carbons (Fsp3) is 0.545. The molecule has 31 heavy (non-hydrogen) atoms. The smallest absolute Gasteiger partial charge is 0.109 e. The molecule has 1 aromatic heterocycles. The van der Waals surface area contributed by atoms with Gasteiger partial charge in [0.25, 0.3) is 0 Å². The number of halogens is 1. The van der Waals surface area contributed by atoms with E-state index in [0.29, 0.717) is 11.6 Å². The van der Waals surface area contributed by atoms with Crippen LogP contribution in [0, 0.1) is 0 Å². The number of hydrogen-bond acceptors (Lipinski definition) is 8. The molecule has 0 spiro atoms. The zero-order valence-corrected chi connectivity index (χ0v) is 18.2. The molecule has 2 aromatic rings. The van der Waals surface area contributed by atoms with Gasteiger partial charge in [0.1, 0.15) is 12.2 Å². The van der Waals surface area contributed by atoms with Crippen LogP contribution in [0.5, 0.6) is 0 Å². The minimum absolute atomic E-state index is 0.245. The lowest BCUT2D eigenvalue weighted by molar-refractivity contribution is -0.145. The van der Waals surface area contributed by atoms with E-state index < -0.39 is 24.4 Å². The number of aromatic nitrogens is 2. The zero-order valence-electron chi connectivity index (χ0n) is 17.4. The SMILES string of the molecule is OC[C@@H]1[C@@H](O)[C@H](O)[C@@H](O)CN1CCCCCCNc1ccc(-c2cnccn2)cc1Cl. The first-order valence-electron chi connectivity index (χ1n) is 10.7. The first kappa shape index (κ1) is 23.8. The highest BCUT2D eigenvalue weighted by Gasteiger charge is 2.40. The van der Waals surface area contributed by atoms with Crippen LogP contribution < -0.4 is 5.32 Å². The second-order valence-corrected chi connectivity index (χ2v) is 8.33. The molecule has 4 atom stereocenters. The van der Waals surface area contributed by atoms with Gasteiger partial charge in [-0.05, 0) is 31.5 Å². The van der Waals surface area contributed by atoms with Crippen LogP contribution in [0.15, 0.2) is 36.8 Å². The van der Waals surface area contributed by atoms with Crippen LogP contribution in [0.3, 0.4) is 0 Å². The number of rotatable bonds is 10. The summed E-state index contributed by atoms with van der Waals surface area (Å²) < 4.78 is 0. The Hall–Kier alpha value is -1.81. The second kappa shape index (κ2) is 11.7. The second-order valence-electron chi connectivity index (χ2n) is 7.92. The first-order chi connectivity index (χ1) is 15.0. The molecular weight excluding hydrogens is 420 g/mol. The van der Waals surface area contributed by atoms with Crippen molar-refractivity contribution in [1.29, 1.82) is 0 Å². The van der Waals surface area contributed by atoms with Gasteiger partial charge in [-0.15, -0.1) is 0 Å². The lowest BCUT2D eigenvalue weighted by atomic mass is 9.94. The quantitative estimate of drug-likeness (QED) is 0.345. The van der Waals surface area contributed by atoms with Crippen molar-refractivity contribution in [2.24, 2.45) is 0 Å². The van der Waals surface area contributed by atoms with Gasteiger partial charge in [0, 0.05) is 31.0 Å². The normalized spacial score (nSPS) is 24.3. The average molecular weight is 451 g/mol. The monoisotopic (exact) mass is 450 g/mol. The highest BCUT2D eigenvalue weighted by Crippen LogP contribution is 2.27. The van der Waals surface area contributed by atoms with Crippen molar-refractivity contribution in [1.82, 2.24) is 14.9 Å². The number of likely N-dealkylation sites (tertiary alicyclic amines) is 1. The Bertz CT molecular complexity index is 813. The summed E-state index contributed by atoms with van der Waals surface area (Å²) in [5.41, 5.74) is 2.59. The molecule has 1 aliphatic heterocycles. The molecule has 2 heterocycles. The van der Waals surface area contributed by atoms with E-state index in [-0.39, 0.29) is 13.2 Å². The topological polar surface area (TPSA) is 122 Å². The number of piperidine rings is 1. The molecule has 1 aromatic carbocycles. The Morgan fingerprint density at radius 1 is 1.06 bits per heavy atom. The highest BCUT2D eigenvalue weighted by atomic mass is 35.5. The number of nitrogens with zero attached hydrogens (tertiary/aromatic N) is 3. The number of aliphatic hydroxyl groups is 4. The third-order valence-corrected chi connectivity index (χ3v) is 6.04. The summed E-state index contributed by atoms with van der Waals surface area (Å²) in [5, 5.41) is 43.1. The van der Waals surface area contributed by atoms with Gasteiger partial charge in [0.15, 0.2) is 0 Å². The van der Waals surface area contributed by atoms with E-state index in [4.69, 9.17) is 11.6 Å². The van der Waals surface area contributed by atoms with Gasteiger partial charge in [-0.25, -0.2) is 0 Å². The third-order valence-electron chi connectivity index (χ3n) is 5.73. The third kappa shape index (κ3) is 6.35. The number of nitrogens with one attached hydrogen (secondary N) is 1. The molecule has 1 saturated heterocycles. The molecule has 0 aliphatic carbocycles. The molecule has 8 nitrogen and oxygen atoms in total. The Morgan fingerprint density at radius 2 is 1.87 bits per heavy atom. The van der Waals surface area contributed by atoms with E-state index in [2.05, 4.69) is 15.3 Å². The van der Waals surface area contributed by atoms with Gasteiger partial charge in [0.05, 0.1) is 41.4 Å². The summed E-state index contributed by atoms with van der Waals surface area (Å²) in [4.78, 5) is 10.2. The maximum absolute atomic E-state index is 10.0. The zero-order chi connectivity index (χ0) is 22.2. The molecule has 3 rings (SSSR count). The van der Waals surface area contributed by atoms with E-state index in [0.717, 1.165) is 49.2 Å². The predicted octanol–water partition coefficient (Wildman–Crippen LogP) is 1.53. The number of anilines is 1. The number of aliphatic hydroxyl groups excluding tert-OH is 4. The maximum Gasteiger partial charge on any atom is 0.109 e. The summed E-state index contributed by atoms with van der Waals surface area (Å²) in [6, 6.07) is 5.26. The van der Waals surface area contributed by atoms with E-state index in [1.54, 1.807) is 18.6 Å². The standard InChI is InChI=1S/C22H31ClN4O4/c23-16-11-15(18-12-24-8-9-26-18)5-6-17(16)25-7-3-1-2-4-10-27-13-20(29)22(31)21(30)19(27)14-28/h5-6,8-9,11-12,19-22,25,28-31H,1-4,7,10,13-14H2/t19-,20+,21-,22-/m1/s1. The van der Waals surface area contributed by atoms with E-state index >= 15 is 0 Å². The van der Waals surface area contributed by atoms with E-state index in [1.807, 2.05) is 23.1 Å². The first-order valence-corrected chi connectivity index (χ1v) is 11.1. The average Bonchev–Trinajstić information content (AvgIpc) is 2.78. The van der Waals surface area contributed by atoms with Crippen molar-refractivity contribution >= 4 is 17.3 Å². The lowest BCUT2D eigenvalue weighted by Gasteiger charge is -2.43. The lowest BCUT2D eigenvalue weighted by Crippen LogP contribution is -2.62. The number of hydrogen-bond donors (Lipinski definition) is 5. The van der Waals surface area contributed by atoms with Crippen LogP contribution >= 0.6 is 11.6 Å². The Kier molecular flexibility index (Phi) is 9.01. The fourth-order valence-corrected chi connectivity index (χ4v) is 4.17. The van der Waals surface area contributed by atoms with Crippen LogP contribution in [0.1, 0.15) is 25.7 Å². The number of benzene rings is 1. The molecule has 0 amide bonds. The van der Waals surface area contributed by atoms with Gasteiger partial charge < -0.3 is 25.7 Å². The Morgan fingerprint density at radius 3 is 2.58 bits per heavy atom. The van der Waals surface area contributed by atoms with Crippen molar-refractivity contribution in [3.8, 4) is 11.3 Å². The van der Waals surface area contributed by atoms with Crippen LogP contribution in [0.2, 0.25) is 5.02 Å². The van der Waals surface area contributed by atoms with Gasteiger partial charge in [-0.1, -0.05) is 30.5 Å². The van der Waals surface area contributed by atoms with Crippen molar-refractivity contribution in [3.63, 3.8) is 0 Å². The van der Waals surface area contributed by atoms with Gasteiger partial charge >= 0.3 is 0 Å². The largest absolute Gasteiger partial charge is 0.395 e. The number of unbranched alkanes of at least 4 members (excludes halogenated alkanes) is 3. The molecule has 0 bridgehead atoms. The maximum atomic E-state index is 10.0. The Balaban J connectivity index is 1.35. The summed E-state index contributed by atoms with van der Waals surface area (Å²) >= 11 is 6.39. The van der Waals surface area contributed by atoms with Crippen molar-refractivity contribution < 1.29 is 20.4 Å². The van der Waals surface area contributed by atoms with Gasteiger partial charge in [0.2, 0.25) is 0 Å². The molecule has 9 heteroatoms. The minimum Gasteiger partial charge on any atom is -0.395 e. The van der Waals surface area contributed by atoms with Crippen molar-refractivity contribution in [2.75, 3.05) is 31.6 Å². The summed E-state index contributed by atoms with van der Waals surface area (Å²) in [7, 11) is 0. The molecule has 0 unspecified atom stereocenters. The van der Waals surface area contributed by atoms with Gasteiger partial charge in [-0.2, -0.15) is 0 Å². The fourth-order valence-electron chi connectivity index (χ4n) is 3.92. The van der Waals surface area contributed by atoms with Crippen LogP contribution in [0.25, 0.3) is 11.3 Å². The number of β-amino-alcohol motifs (C(OH)–C–C–N with tert-alkyl or cyclic N) is 1. The summed E-state index contributed by atoms with van der Waals surface area (Å²) in [6.45, 7) is 1.48. The van der Waals surface area contributed by atoms with Crippen molar-refractivity contribution in [3.05, 3.63) is 41.8 Å². The molecule has 5 N–H and O–H groups in total. The molecule has 170 valence electrons. The van der Waals surface area contributed by atoms with Gasteiger partial charge in [-0.3, -0.25) is 14.9 Å². The molecular formula is C22H31ClN4O4. The molecule has 1 fully saturated rings. The van der Waals surface area contributed by atoms with E-state index in [9.17, 15) is 20.4 Å². The summed E-state index contributed by atoms with van der Waals surface area (Å²) in [5.74, 6) is 0. The highest BCUT2D eigenvalue weighted by molar-refractivity contribution is 6.33. The predicted molar refractivity (Wildman–Crippen MR) is 120 cm³/mol. The minimum atomic E-state index is -1.21. The molecule has 0 saturated carbocycles. The van der Waals surface area contributed by atoms with Crippen LogP contribution in [-0.2, 0) is 0 Å². The van der Waals surface area contributed by atoms with E-state index in [1.165, 1.54) is 0 Å². The summed E-state index contributed by atoms with van der Waals surface area (Å²) in [6.07, 6.45) is 5.53. The van der Waals surface area contributed by atoms with Crippen LogP contribution in [-0.4, -0.2) is 85.9 Å². The van der Waals surface area contributed by atoms with Crippen molar-refractivity contribution in [2.45, 2.75) is 50.0 Å². The molecule has 1 aliphatic rings. The Labute approximate surface area is 187 Å². The molecule has 0 radical (unpaired) electrons.